The number of carbonyl (C=O) groups excluding carboxylic acids is 2. The van der Waals surface area contributed by atoms with Crippen molar-refractivity contribution >= 4 is 27.8 Å². The van der Waals surface area contributed by atoms with Crippen LogP contribution in [0.1, 0.15) is 52.0 Å². The highest BCUT2D eigenvalue weighted by Gasteiger charge is 2.35. The normalized spacial score (nSPS) is 20.5. The first-order valence-electron chi connectivity index (χ1n) is 13.9. The Kier molecular flexibility index (Phi) is 9.90. The lowest BCUT2D eigenvalue weighted by Crippen LogP contribution is -2.58. The molecule has 2 amide bonds. The van der Waals surface area contributed by atoms with Gasteiger partial charge >= 0.3 is 6.09 Å². The van der Waals surface area contributed by atoms with E-state index in [0.29, 0.717) is 57.6 Å². The first-order valence-corrected chi connectivity index (χ1v) is 15.4. The Labute approximate surface area is 241 Å². The van der Waals surface area contributed by atoms with E-state index in [1.807, 2.05) is 56.0 Å². The summed E-state index contributed by atoms with van der Waals surface area (Å²) in [5.74, 6) is -0.122. The molecule has 2 fully saturated rings. The van der Waals surface area contributed by atoms with Gasteiger partial charge in [0.25, 0.3) is 10.1 Å². The van der Waals surface area contributed by atoms with Gasteiger partial charge in [-0.2, -0.15) is 13.9 Å². The number of nitrogens with one attached hydrogen (secondary N) is 2. The molecule has 0 aliphatic carbocycles. The maximum Gasteiger partial charge on any atom is 0.410 e. The molecular weight excluding hydrogens is 548 g/mol. The van der Waals surface area contributed by atoms with Crippen molar-refractivity contribution in [1.82, 2.24) is 15.7 Å². The van der Waals surface area contributed by atoms with Gasteiger partial charge in [0.15, 0.2) is 0 Å². The molecule has 2 aromatic rings. The van der Waals surface area contributed by atoms with Gasteiger partial charge in [-0.25, -0.2) is 4.79 Å². The van der Waals surface area contributed by atoms with Gasteiger partial charge in [0.2, 0.25) is 5.91 Å². The number of rotatable bonds is 8. The molecule has 0 bridgehead atoms. The van der Waals surface area contributed by atoms with Crippen LogP contribution in [-0.2, 0) is 31.1 Å². The fourth-order valence-electron chi connectivity index (χ4n) is 5.08. The average molecular weight is 589 g/mol. The highest BCUT2D eigenvalue weighted by molar-refractivity contribution is 7.85. The summed E-state index contributed by atoms with van der Waals surface area (Å²) >= 11 is 0. The molecule has 0 radical (unpaired) electrons. The summed E-state index contributed by atoms with van der Waals surface area (Å²) in [6.07, 6.45) is 2.15. The molecule has 2 heterocycles. The van der Waals surface area contributed by atoms with E-state index in [-0.39, 0.29) is 29.0 Å². The third-order valence-corrected chi connectivity index (χ3v) is 8.04. The Morgan fingerprint density at radius 1 is 0.951 bits per heavy atom. The summed E-state index contributed by atoms with van der Waals surface area (Å²) in [5.41, 5.74) is 4.25. The summed E-state index contributed by atoms with van der Waals surface area (Å²) in [4.78, 5) is 35.1. The number of likely N-dealkylation sites (tertiary alicyclic amines) is 1. The van der Waals surface area contributed by atoms with Crippen LogP contribution in [0.3, 0.4) is 0 Å². The second-order valence-corrected chi connectivity index (χ2v) is 13.0. The molecule has 224 valence electrons. The van der Waals surface area contributed by atoms with Gasteiger partial charge in [0.1, 0.15) is 11.6 Å². The second kappa shape index (κ2) is 13.2. The molecule has 2 aliphatic heterocycles. The van der Waals surface area contributed by atoms with Crippen LogP contribution in [0.25, 0.3) is 0 Å². The zero-order valence-electron chi connectivity index (χ0n) is 23.8. The topological polar surface area (TPSA) is 138 Å². The summed E-state index contributed by atoms with van der Waals surface area (Å²) in [6, 6.07) is 15.0. The molecule has 0 spiro atoms. The number of carbonyl (C=O) groups is 2. The molecule has 3 N–H and O–H groups in total. The van der Waals surface area contributed by atoms with Crippen molar-refractivity contribution in [2.75, 3.05) is 24.5 Å². The van der Waals surface area contributed by atoms with Crippen molar-refractivity contribution < 1.29 is 32.1 Å². The minimum Gasteiger partial charge on any atom is -0.444 e. The predicted octanol–water partition coefficient (Wildman–Crippen LogP) is 3.51. The predicted molar refractivity (Wildman–Crippen MR) is 154 cm³/mol. The number of nitrogens with zero attached hydrogens (tertiary/aromatic N) is 2. The van der Waals surface area contributed by atoms with Crippen LogP contribution >= 0.6 is 0 Å². The Bertz CT molecular complexity index is 1270. The minimum atomic E-state index is -4.34. The van der Waals surface area contributed by atoms with Gasteiger partial charge in [0, 0.05) is 37.4 Å². The van der Waals surface area contributed by atoms with E-state index in [0.717, 1.165) is 5.56 Å². The van der Waals surface area contributed by atoms with Gasteiger partial charge < -0.3 is 19.9 Å². The fourth-order valence-corrected chi connectivity index (χ4v) is 5.56. The van der Waals surface area contributed by atoms with Crippen molar-refractivity contribution in [3.05, 3.63) is 60.2 Å². The zero-order valence-corrected chi connectivity index (χ0v) is 24.6. The van der Waals surface area contributed by atoms with Crippen molar-refractivity contribution in [1.29, 1.82) is 0 Å². The van der Waals surface area contributed by atoms with Gasteiger partial charge in [0.05, 0.1) is 11.5 Å². The summed E-state index contributed by atoms with van der Waals surface area (Å²) < 4.78 is 38.0. The lowest BCUT2D eigenvalue weighted by atomic mass is 9.96. The van der Waals surface area contributed by atoms with Crippen LogP contribution in [-0.4, -0.2) is 73.2 Å². The molecule has 11 nitrogen and oxygen atoms in total. The maximum atomic E-state index is 13.5. The Hall–Kier alpha value is -3.19. The molecule has 2 aromatic carbocycles. The van der Waals surface area contributed by atoms with Crippen LogP contribution in [0.4, 0.5) is 10.5 Å². The van der Waals surface area contributed by atoms with Crippen LogP contribution in [0, 0.1) is 0 Å². The SMILES string of the molecule is CC(C)(C)OC(=O)N1CCC(NC(=O)[C@@H]2CC[C@@H](NOCc3ccccc3)CN2c2ccc(S(=O)(=O)O)cc2)CC1. The number of ether oxygens (including phenoxy) is 1. The van der Waals surface area contributed by atoms with Crippen molar-refractivity contribution in [3.8, 4) is 0 Å². The van der Waals surface area contributed by atoms with E-state index in [1.54, 1.807) is 17.0 Å². The van der Waals surface area contributed by atoms with Gasteiger partial charge in [-0.3, -0.25) is 14.2 Å². The second-order valence-electron chi connectivity index (χ2n) is 11.6. The van der Waals surface area contributed by atoms with Gasteiger partial charge in [-0.1, -0.05) is 30.3 Å². The minimum absolute atomic E-state index is 0.0684. The van der Waals surface area contributed by atoms with E-state index in [9.17, 15) is 22.6 Å². The molecule has 41 heavy (non-hydrogen) atoms. The number of amides is 2. The van der Waals surface area contributed by atoms with E-state index < -0.39 is 21.8 Å². The first kappa shape index (κ1) is 30.8. The van der Waals surface area contributed by atoms with E-state index >= 15 is 0 Å². The zero-order chi connectivity index (χ0) is 29.6. The number of hydrogen-bond donors (Lipinski definition) is 3. The van der Waals surface area contributed by atoms with E-state index in [4.69, 9.17) is 9.57 Å². The van der Waals surface area contributed by atoms with Crippen molar-refractivity contribution in [2.24, 2.45) is 0 Å². The molecule has 2 atom stereocenters. The van der Waals surface area contributed by atoms with Crippen molar-refractivity contribution in [3.63, 3.8) is 0 Å². The number of hydroxylamine groups is 1. The smallest absolute Gasteiger partial charge is 0.410 e. The largest absolute Gasteiger partial charge is 0.444 e. The fraction of sp³-hybridized carbons (Fsp3) is 0.517. The molecule has 2 saturated heterocycles. The molecule has 0 aromatic heterocycles. The summed E-state index contributed by atoms with van der Waals surface area (Å²) in [5, 5.41) is 3.16. The van der Waals surface area contributed by atoms with Crippen LogP contribution < -0.4 is 15.7 Å². The third-order valence-electron chi connectivity index (χ3n) is 7.18. The van der Waals surface area contributed by atoms with Crippen LogP contribution in [0.2, 0.25) is 0 Å². The molecular formula is C29H40N4O7S. The standard InChI is InChI=1S/C29H40N4O7S/c1-29(2,3)40-28(35)32-17-15-22(16-18-32)30-27(34)26-14-9-23(31-39-20-21-7-5-4-6-8-21)19-33(26)24-10-12-25(13-11-24)41(36,37)38/h4-8,10-13,22-23,26,31H,9,14-20H2,1-3H3,(H,30,34)(H,36,37,38)/t23-,26+/m1/s1. The molecule has 4 rings (SSSR count). The third kappa shape index (κ3) is 8.90. The highest BCUT2D eigenvalue weighted by Crippen LogP contribution is 2.27. The number of hydrogen-bond acceptors (Lipinski definition) is 8. The quantitative estimate of drug-likeness (QED) is 0.312. The summed E-state index contributed by atoms with van der Waals surface area (Å²) in [6.45, 7) is 7.34. The molecule has 2 aliphatic rings. The Morgan fingerprint density at radius 3 is 2.22 bits per heavy atom. The Balaban J connectivity index is 1.39. The first-order chi connectivity index (χ1) is 19.4. The molecule has 0 saturated carbocycles. The lowest BCUT2D eigenvalue weighted by Gasteiger charge is -2.41. The Morgan fingerprint density at radius 2 is 1.61 bits per heavy atom. The van der Waals surface area contributed by atoms with Crippen LogP contribution in [0.15, 0.2) is 59.5 Å². The number of benzene rings is 2. The maximum absolute atomic E-state index is 13.5. The summed E-state index contributed by atoms with van der Waals surface area (Å²) in [7, 11) is -4.34. The lowest BCUT2D eigenvalue weighted by molar-refractivity contribution is -0.124. The van der Waals surface area contributed by atoms with Crippen LogP contribution in [0.5, 0.6) is 0 Å². The monoisotopic (exact) mass is 588 g/mol. The highest BCUT2D eigenvalue weighted by atomic mass is 32.2. The number of anilines is 1. The molecule has 12 heteroatoms. The number of piperidine rings is 2. The van der Waals surface area contributed by atoms with Crippen molar-refractivity contribution in [2.45, 2.75) is 81.7 Å². The molecule has 0 unspecified atom stereocenters. The van der Waals surface area contributed by atoms with E-state index in [2.05, 4.69) is 10.8 Å². The van der Waals surface area contributed by atoms with Gasteiger partial charge in [-0.15, -0.1) is 0 Å². The average Bonchev–Trinajstić information content (AvgIpc) is 2.92. The van der Waals surface area contributed by atoms with Gasteiger partial charge in [-0.05, 0) is 76.3 Å². The van der Waals surface area contributed by atoms with E-state index in [1.165, 1.54) is 12.1 Å².